The van der Waals surface area contributed by atoms with E-state index < -0.39 is 0 Å². The Morgan fingerprint density at radius 3 is 2.75 bits per heavy atom. The fourth-order valence-electron chi connectivity index (χ4n) is 2.73. The van der Waals surface area contributed by atoms with Gasteiger partial charge in [-0.1, -0.05) is 26.0 Å². The molecule has 0 saturated carbocycles. The summed E-state index contributed by atoms with van der Waals surface area (Å²) in [5.41, 5.74) is 1.38. The molecule has 0 radical (unpaired) electrons. The molecule has 1 N–H and O–H groups in total. The summed E-state index contributed by atoms with van der Waals surface area (Å²) in [6, 6.07) is 9.21. The van der Waals surface area contributed by atoms with E-state index in [4.69, 9.17) is 4.74 Å². The van der Waals surface area contributed by atoms with E-state index >= 15 is 0 Å². The van der Waals surface area contributed by atoms with Crippen molar-refractivity contribution < 1.29 is 4.74 Å². The van der Waals surface area contributed by atoms with Crippen molar-refractivity contribution in [1.29, 1.82) is 0 Å². The zero-order valence-corrected chi connectivity index (χ0v) is 14.6. The van der Waals surface area contributed by atoms with E-state index in [2.05, 4.69) is 70.9 Å². The number of benzene rings is 1. The summed E-state index contributed by atoms with van der Waals surface area (Å²) >= 11 is 2.35. The fraction of sp³-hybridized carbons (Fsp3) is 0.625. The van der Waals surface area contributed by atoms with Gasteiger partial charge >= 0.3 is 0 Å². The molecule has 0 aromatic heterocycles. The monoisotopic (exact) mass is 388 g/mol. The normalized spacial score (nSPS) is 21.9. The molecule has 2 unspecified atom stereocenters. The van der Waals surface area contributed by atoms with Crippen molar-refractivity contribution in [3.63, 3.8) is 0 Å². The van der Waals surface area contributed by atoms with Gasteiger partial charge in [-0.05, 0) is 59.8 Å². The Hall–Kier alpha value is -0.170. The summed E-state index contributed by atoms with van der Waals surface area (Å²) in [7, 11) is 0. The maximum Gasteiger partial charge on any atom is 0.0858 e. The predicted molar refractivity (Wildman–Crippen MR) is 92.2 cm³/mol. The molecule has 1 fully saturated rings. The van der Waals surface area contributed by atoms with Gasteiger partial charge in [0.15, 0.2) is 0 Å². The van der Waals surface area contributed by atoms with Crippen LogP contribution in [0.1, 0.15) is 19.4 Å². The van der Waals surface area contributed by atoms with E-state index in [1.54, 1.807) is 0 Å². The molecule has 0 bridgehead atoms. The largest absolute Gasteiger partial charge is 0.374 e. The van der Waals surface area contributed by atoms with Crippen molar-refractivity contribution in [2.75, 3.05) is 32.8 Å². The van der Waals surface area contributed by atoms with Gasteiger partial charge < -0.3 is 10.1 Å². The van der Waals surface area contributed by atoms with Gasteiger partial charge in [-0.2, -0.15) is 0 Å². The smallest absolute Gasteiger partial charge is 0.0858 e. The first-order valence-electron chi connectivity index (χ1n) is 7.54. The van der Waals surface area contributed by atoms with Crippen molar-refractivity contribution >= 4 is 22.6 Å². The number of morpholine rings is 1. The minimum Gasteiger partial charge on any atom is -0.374 e. The fourth-order valence-corrected chi connectivity index (χ4v) is 3.09. The molecule has 0 spiro atoms. The number of halogens is 1. The maximum atomic E-state index is 6.02. The molecular formula is C16H25IN2O. The van der Waals surface area contributed by atoms with Gasteiger partial charge in [-0.25, -0.2) is 0 Å². The number of hydrogen-bond acceptors (Lipinski definition) is 3. The number of hydrogen-bond donors (Lipinski definition) is 1. The highest BCUT2D eigenvalue weighted by atomic mass is 127. The van der Waals surface area contributed by atoms with E-state index in [1.807, 2.05) is 0 Å². The summed E-state index contributed by atoms with van der Waals surface area (Å²) in [6.07, 6.45) is 1.33. The van der Waals surface area contributed by atoms with Crippen LogP contribution in [-0.4, -0.2) is 49.8 Å². The highest BCUT2D eigenvalue weighted by Crippen LogP contribution is 2.15. The predicted octanol–water partition coefficient (Wildman–Crippen LogP) is 2.53. The van der Waals surface area contributed by atoms with Crippen molar-refractivity contribution in [1.82, 2.24) is 10.2 Å². The van der Waals surface area contributed by atoms with Crippen LogP contribution in [0.5, 0.6) is 0 Å². The number of ether oxygens (including phenoxy) is 1. The van der Waals surface area contributed by atoms with Crippen LogP contribution in [0.4, 0.5) is 0 Å². The molecular weight excluding hydrogens is 363 g/mol. The second-order valence-corrected chi connectivity index (χ2v) is 6.54. The van der Waals surface area contributed by atoms with E-state index in [-0.39, 0.29) is 0 Å². The number of likely N-dealkylation sites (N-methyl/N-ethyl adjacent to an activating group) is 2. The minimum absolute atomic E-state index is 0.294. The molecule has 2 atom stereocenters. The Balaban J connectivity index is 2.00. The zero-order valence-electron chi connectivity index (χ0n) is 12.4. The minimum atomic E-state index is 0.294. The number of nitrogens with one attached hydrogen (secondary N) is 1. The number of rotatable bonds is 6. The lowest BCUT2D eigenvalue weighted by Gasteiger charge is -2.37. The van der Waals surface area contributed by atoms with Crippen molar-refractivity contribution in [2.45, 2.75) is 32.4 Å². The first kappa shape index (κ1) is 16.2. The van der Waals surface area contributed by atoms with Crippen molar-refractivity contribution in [3.8, 4) is 0 Å². The van der Waals surface area contributed by atoms with Crippen LogP contribution < -0.4 is 5.32 Å². The van der Waals surface area contributed by atoms with Crippen molar-refractivity contribution in [2.24, 2.45) is 0 Å². The lowest BCUT2D eigenvalue weighted by molar-refractivity contribution is -0.0445. The molecule has 4 heteroatoms. The number of nitrogens with zero attached hydrogens (tertiary/aromatic N) is 1. The third-order valence-corrected chi connectivity index (χ3v) is 4.63. The Labute approximate surface area is 136 Å². The average Bonchev–Trinajstić information content (AvgIpc) is 2.49. The first-order chi connectivity index (χ1) is 9.72. The van der Waals surface area contributed by atoms with Crippen molar-refractivity contribution in [3.05, 3.63) is 33.4 Å². The van der Waals surface area contributed by atoms with Gasteiger partial charge in [0.1, 0.15) is 0 Å². The van der Waals surface area contributed by atoms with Gasteiger partial charge in [-0.15, -0.1) is 0 Å². The first-order valence-corrected chi connectivity index (χ1v) is 8.62. The SMILES string of the molecule is CCNC(Cc1ccc(I)cc1)C1CN(CC)CCO1. The molecule has 1 aliphatic rings. The summed E-state index contributed by atoms with van der Waals surface area (Å²) in [5.74, 6) is 0. The second kappa shape index (κ2) is 8.32. The Morgan fingerprint density at radius 2 is 2.10 bits per heavy atom. The second-order valence-electron chi connectivity index (χ2n) is 5.30. The van der Waals surface area contributed by atoms with Crippen LogP contribution in [0.25, 0.3) is 0 Å². The molecule has 1 aromatic rings. The van der Waals surface area contributed by atoms with E-state index in [1.165, 1.54) is 9.13 Å². The topological polar surface area (TPSA) is 24.5 Å². The van der Waals surface area contributed by atoms with Gasteiger partial charge in [0.2, 0.25) is 0 Å². The third-order valence-electron chi connectivity index (χ3n) is 3.91. The third kappa shape index (κ3) is 4.69. The van der Waals surface area contributed by atoms with Gasteiger partial charge in [0, 0.05) is 22.7 Å². The van der Waals surface area contributed by atoms with Crippen LogP contribution in [0, 0.1) is 3.57 Å². The van der Waals surface area contributed by atoms with Crippen LogP contribution >= 0.6 is 22.6 Å². The Kier molecular flexibility index (Phi) is 6.74. The highest BCUT2D eigenvalue weighted by molar-refractivity contribution is 14.1. The molecule has 0 aliphatic carbocycles. The van der Waals surface area contributed by atoms with Crippen LogP contribution in [0.2, 0.25) is 0 Å². The lowest BCUT2D eigenvalue weighted by atomic mass is 10.00. The maximum absolute atomic E-state index is 6.02. The highest BCUT2D eigenvalue weighted by Gasteiger charge is 2.27. The molecule has 20 heavy (non-hydrogen) atoms. The van der Waals surface area contributed by atoms with Gasteiger partial charge in [0.05, 0.1) is 12.7 Å². The summed E-state index contributed by atoms with van der Waals surface area (Å²) < 4.78 is 7.30. The van der Waals surface area contributed by atoms with Crippen LogP contribution in [0.15, 0.2) is 24.3 Å². The standard InChI is InChI=1S/C16H25IN2O/c1-3-18-15(11-13-5-7-14(17)8-6-13)16-12-19(4-2)9-10-20-16/h5-8,15-16,18H,3-4,9-12H2,1-2H3. The molecule has 1 aromatic carbocycles. The van der Waals surface area contributed by atoms with E-state index in [9.17, 15) is 0 Å². The average molecular weight is 388 g/mol. The van der Waals surface area contributed by atoms with E-state index in [0.717, 1.165) is 39.2 Å². The zero-order chi connectivity index (χ0) is 14.4. The Bertz CT molecular complexity index is 396. The summed E-state index contributed by atoms with van der Waals surface area (Å²) in [6.45, 7) is 9.45. The van der Waals surface area contributed by atoms with Crippen LogP contribution in [-0.2, 0) is 11.2 Å². The molecule has 3 nitrogen and oxygen atoms in total. The quantitative estimate of drug-likeness (QED) is 0.759. The summed E-state index contributed by atoms with van der Waals surface area (Å²) in [5, 5.41) is 3.61. The lowest BCUT2D eigenvalue weighted by Crippen LogP contribution is -2.53. The van der Waals surface area contributed by atoms with Crippen LogP contribution in [0.3, 0.4) is 0 Å². The molecule has 1 heterocycles. The van der Waals surface area contributed by atoms with Gasteiger partial charge in [0.25, 0.3) is 0 Å². The molecule has 1 saturated heterocycles. The summed E-state index contributed by atoms with van der Waals surface area (Å²) in [4.78, 5) is 2.48. The van der Waals surface area contributed by atoms with E-state index in [0.29, 0.717) is 12.1 Å². The molecule has 112 valence electrons. The van der Waals surface area contributed by atoms with Gasteiger partial charge in [-0.3, -0.25) is 4.90 Å². The molecule has 2 rings (SSSR count). The molecule has 0 amide bonds. The molecule has 1 aliphatic heterocycles. The Morgan fingerprint density at radius 1 is 1.35 bits per heavy atom.